The number of hydrogen-bond acceptors (Lipinski definition) is 1. The highest BCUT2D eigenvalue weighted by Gasteiger charge is 2.67. The Morgan fingerprint density at radius 3 is 2.15 bits per heavy atom. The molecule has 0 spiro atoms. The molecule has 194 valence electrons. The summed E-state index contributed by atoms with van der Waals surface area (Å²) in [5, 5.41) is 0. The summed E-state index contributed by atoms with van der Waals surface area (Å²) in [4.78, 5) is 13.7. The first kappa shape index (κ1) is 26.5. The van der Waals surface area contributed by atoms with Crippen molar-refractivity contribution in [2.75, 3.05) is 0 Å². The molecule has 0 aromatic rings. The van der Waals surface area contributed by atoms with Crippen LogP contribution in [0.2, 0.25) is 0 Å². The highest BCUT2D eigenvalue weighted by atomic mass is 16.1. The van der Waals surface area contributed by atoms with Crippen LogP contribution < -0.4 is 0 Å². The van der Waals surface area contributed by atoms with Crippen molar-refractivity contribution in [3.8, 4) is 0 Å². The van der Waals surface area contributed by atoms with Gasteiger partial charge in [-0.1, -0.05) is 88.2 Å². The maximum absolute atomic E-state index is 13.7. The Morgan fingerprint density at radius 1 is 0.882 bits per heavy atom. The van der Waals surface area contributed by atoms with Gasteiger partial charge in [0.1, 0.15) is 0 Å². The lowest BCUT2D eigenvalue weighted by Crippen LogP contribution is -2.56. The molecule has 34 heavy (non-hydrogen) atoms. The molecule has 4 aliphatic rings. The van der Waals surface area contributed by atoms with Gasteiger partial charge in [0.05, 0.1) is 0 Å². The average Bonchev–Trinajstić information content (AvgIpc) is 2.89. The summed E-state index contributed by atoms with van der Waals surface area (Å²) in [7, 11) is 0. The highest BCUT2D eigenvalue weighted by molar-refractivity contribution is 5.94. The fourth-order valence-electron chi connectivity index (χ4n) is 10.6. The second-order valence-corrected chi connectivity index (χ2v) is 16.4. The van der Waals surface area contributed by atoms with Crippen LogP contribution in [-0.4, -0.2) is 5.78 Å². The summed E-state index contributed by atoms with van der Waals surface area (Å²) >= 11 is 0. The fourth-order valence-corrected chi connectivity index (χ4v) is 10.6. The number of ketones is 1. The molecule has 3 fully saturated rings. The van der Waals surface area contributed by atoms with E-state index in [1.54, 1.807) is 5.57 Å². The third-order valence-electron chi connectivity index (χ3n) is 12.4. The molecule has 1 heteroatoms. The smallest absolute Gasteiger partial charge is 0.159 e. The summed E-state index contributed by atoms with van der Waals surface area (Å²) in [6, 6.07) is 0. The van der Waals surface area contributed by atoms with E-state index in [-0.39, 0.29) is 22.2 Å². The maximum atomic E-state index is 13.7. The molecule has 3 saturated carbocycles. The van der Waals surface area contributed by atoms with Crippen LogP contribution in [0.1, 0.15) is 128 Å². The van der Waals surface area contributed by atoms with Gasteiger partial charge in [-0.3, -0.25) is 4.79 Å². The average molecular weight is 469 g/mol. The number of allylic oxidation sites excluding steroid dienone is 2. The number of carbonyl (C=O) groups is 1. The predicted molar refractivity (Wildman–Crippen MR) is 146 cm³/mol. The molecule has 0 radical (unpaired) electrons. The third-order valence-corrected chi connectivity index (χ3v) is 12.4. The van der Waals surface area contributed by atoms with E-state index in [9.17, 15) is 4.79 Å². The lowest BCUT2D eigenvalue weighted by Gasteiger charge is -2.62. The number of carbonyl (C=O) groups excluding carboxylic acids is 1. The van der Waals surface area contributed by atoms with Crippen molar-refractivity contribution < 1.29 is 4.79 Å². The quantitative estimate of drug-likeness (QED) is 0.401. The van der Waals surface area contributed by atoms with Gasteiger partial charge >= 0.3 is 0 Å². The van der Waals surface area contributed by atoms with Crippen LogP contribution in [0.15, 0.2) is 11.6 Å². The molecule has 0 aromatic carbocycles. The Labute approximate surface area is 212 Å². The normalized spacial score (nSPS) is 47.0. The summed E-state index contributed by atoms with van der Waals surface area (Å²) in [6.07, 6.45) is 12.4. The van der Waals surface area contributed by atoms with Crippen LogP contribution in [0.3, 0.4) is 0 Å². The first-order valence-electron chi connectivity index (χ1n) is 14.7. The van der Waals surface area contributed by atoms with Gasteiger partial charge in [0.2, 0.25) is 0 Å². The Morgan fingerprint density at radius 2 is 1.53 bits per heavy atom. The molecule has 2 unspecified atom stereocenters. The first-order valence-corrected chi connectivity index (χ1v) is 14.7. The van der Waals surface area contributed by atoms with Gasteiger partial charge in [-0.15, -0.1) is 0 Å². The second-order valence-electron chi connectivity index (χ2n) is 16.4. The predicted octanol–water partition coefficient (Wildman–Crippen LogP) is 9.51. The summed E-state index contributed by atoms with van der Waals surface area (Å²) < 4.78 is 0. The van der Waals surface area contributed by atoms with Crippen molar-refractivity contribution in [3.63, 3.8) is 0 Å². The van der Waals surface area contributed by atoms with Gasteiger partial charge in [0, 0.05) is 5.92 Å². The van der Waals surface area contributed by atoms with Crippen molar-refractivity contribution in [1.82, 2.24) is 0 Å². The van der Waals surface area contributed by atoms with E-state index in [0.717, 1.165) is 18.3 Å². The van der Waals surface area contributed by atoms with Crippen LogP contribution in [0.5, 0.6) is 0 Å². The minimum Gasteiger partial charge on any atom is -0.295 e. The standard InChI is InChI=1S/C33H56O/c1-21-17-26-27(34)18-25-24(31(26,9)19-22(21)2)13-16-32(10)28(23(3)20-33(25,32)11)30(7,8)15-12-14-29(4,5)6/h18,21-24,26,28H,12-17,19-20H2,1-11H3/t21-,22-,23?,24?,26-,28+,31+,32+,33-/m0/s1. The molecule has 1 nitrogen and oxygen atoms in total. The lowest BCUT2D eigenvalue weighted by atomic mass is 9.42. The van der Waals surface area contributed by atoms with Crippen LogP contribution in [-0.2, 0) is 4.79 Å². The molecule has 4 rings (SSSR count). The molecule has 0 heterocycles. The maximum Gasteiger partial charge on any atom is 0.159 e. The fraction of sp³-hybridized carbons (Fsp3) is 0.909. The third kappa shape index (κ3) is 3.89. The van der Waals surface area contributed by atoms with E-state index < -0.39 is 0 Å². The molecule has 9 atom stereocenters. The number of rotatable bonds is 4. The summed E-state index contributed by atoms with van der Waals surface area (Å²) in [5.41, 5.74) is 2.95. The van der Waals surface area contributed by atoms with E-state index in [4.69, 9.17) is 0 Å². The van der Waals surface area contributed by atoms with Gasteiger partial charge in [0.15, 0.2) is 5.78 Å². The molecular weight excluding hydrogens is 412 g/mol. The zero-order valence-corrected chi connectivity index (χ0v) is 24.6. The minimum atomic E-state index is 0.164. The second kappa shape index (κ2) is 8.21. The molecule has 0 bridgehead atoms. The molecule has 0 aliphatic heterocycles. The Kier molecular flexibility index (Phi) is 6.39. The van der Waals surface area contributed by atoms with Crippen molar-refractivity contribution in [2.24, 2.45) is 62.6 Å². The molecular formula is C33H56O. The number of fused-ring (bicyclic) bond motifs is 5. The van der Waals surface area contributed by atoms with Gasteiger partial charge < -0.3 is 0 Å². The van der Waals surface area contributed by atoms with Crippen LogP contribution in [0.25, 0.3) is 0 Å². The van der Waals surface area contributed by atoms with Gasteiger partial charge in [-0.2, -0.15) is 0 Å². The van der Waals surface area contributed by atoms with Crippen LogP contribution >= 0.6 is 0 Å². The van der Waals surface area contributed by atoms with E-state index in [2.05, 4.69) is 82.2 Å². The molecule has 0 N–H and O–H groups in total. The Hall–Kier alpha value is -0.590. The summed E-state index contributed by atoms with van der Waals surface area (Å²) in [5.74, 6) is 4.17. The van der Waals surface area contributed by atoms with E-state index in [0.29, 0.717) is 34.4 Å². The zero-order chi connectivity index (χ0) is 25.5. The topological polar surface area (TPSA) is 17.1 Å². The SMILES string of the molecule is CC1C[C@@]2(C)C3=CC(=O)[C@@H]4C[C@H](C)[C@@H](C)C[C@]4(C)C3CC[C@]2(C)[C@H]1C(C)(C)CCCC(C)(C)C. The first-order chi connectivity index (χ1) is 15.5. The number of hydrogen-bond donors (Lipinski definition) is 0. The lowest BCUT2D eigenvalue weighted by molar-refractivity contribution is -0.134. The van der Waals surface area contributed by atoms with Gasteiger partial charge in [0.25, 0.3) is 0 Å². The Balaban J connectivity index is 1.68. The highest BCUT2D eigenvalue weighted by Crippen LogP contribution is 2.74. The molecule has 0 aromatic heterocycles. The van der Waals surface area contributed by atoms with E-state index in [1.807, 2.05) is 0 Å². The van der Waals surface area contributed by atoms with E-state index in [1.165, 1.54) is 44.9 Å². The van der Waals surface area contributed by atoms with Crippen LogP contribution in [0, 0.1) is 62.6 Å². The van der Waals surface area contributed by atoms with Crippen LogP contribution in [0.4, 0.5) is 0 Å². The van der Waals surface area contributed by atoms with Crippen molar-refractivity contribution in [1.29, 1.82) is 0 Å². The Bertz CT molecular complexity index is 841. The minimum absolute atomic E-state index is 0.164. The molecule has 4 aliphatic carbocycles. The largest absolute Gasteiger partial charge is 0.295 e. The van der Waals surface area contributed by atoms with Gasteiger partial charge in [-0.25, -0.2) is 0 Å². The van der Waals surface area contributed by atoms with Gasteiger partial charge in [-0.05, 0) is 108 Å². The monoisotopic (exact) mass is 468 g/mol. The molecule has 0 saturated heterocycles. The molecule has 0 amide bonds. The van der Waals surface area contributed by atoms with Crippen molar-refractivity contribution in [2.45, 2.75) is 128 Å². The van der Waals surface area contributed by atoms with E-state index >= 15 is 0 Å². The zero-order valence-electron chi connectivity index (χ0n) is 24.6. The van der Waals surface area contributed by atoms with Crippen molar-refractivity contribution >= 4 is 5.78 Å². The van der Waals surface area contributed by atoms with Crippen molar-refractivity contribution in [3.05, 3.63) is 11.6 Å². The summed E-state index contributed by atoms with van der Waals surface area (Å²) in [6.45, 7) is 27.4.